The largest absolute Gasteiger partial charge is 0.492 e. The van der Waals surface area contributed by atoms with E-state index in [1.165, 1.54) is 17.3 Å². The lowest BCUT2D eigenvalue weighted by molar-refractivity contribution is -0.113. The molecule has 36 heavy (non-hydrogen) atoms. The van der Waals surface area contributed by atoms with Gasteiger partial charge in [0.25, 0.3) is 0 Å². The number of benzene rings is 2. The van der Waals surface area contributed by atoms with Crippen LogP contribution in [0.15, 0.2) is 35.4 Å². The van der Waals surface area contributed by atoms with E-state index in [4.69, 9.17) is 19.2 Å². The molecule has 4 rings (SSSR count). The highest BCUT2D eigenvalue weighted by molar-refractivity contribution is 7.99. The second kappa shape index (κ2) is 11.8. The Morgan fingerprint density at radius 1 is 1.00 bits per heavy atom. The molecule has 1 aliphatic rings. The number of ether oxygens (including phenoxy) is 3. The van der Waals surface area contributed by atoms with Gasteiger partial charge >= 0.3 is 0 Å². The van der Waals surface area contributed by atoms with Gasteiger partial charge < -0.3 is 24.4 Å². The van der Waals surface area contributed by atoms with Gasteiger partial charge in [-0.05, 0) is 57.9 Å². The van der Waals surface area contributed by atoms with Crippen molar-refractivity contribution in [3.05, 3.63) is 47.0 Å². The highest BCUT2D eigenvalue weighted by Gasteiger charge is 2.20. The lowest BCUT2D eigenvalue weighted by atomic mass is 10.0. The van der Waals surface area contributed by atoms with E-state index in [-0.39, 0.29) is 11.7 Å². The number of aromatic nitrogens is 1. The average molecular weight is 510 g/mol. The van der Waals surface area contributed by atoms with E-state index in [9.17, 15) is 4.79 Å². The fourth-order valence-corrected chi connectivity index (χ4v) is 5.23. The first kappa shape index (κ1) is 26.1. The smallest absolute Gasteiger partial charge is 0.234 e. The number of carbonyl (C=O) groups is 1. The summed E-state index contributed by atoms with van der Waals surface area (Å²) in [7, 11) is 0. The monoisotopic (exact) mass is 509 g/mol. The van der Waals surface area contributed by atoms with Crippen LogP contribution in [0.5, 0.6) is 11.5 Å². The number of thioether (sulfide) groups is 1. The minimum atomic E-state index is -0.122. The predicted molar refractivity (Wildman–Crippen MR) is 147 cm³/mol. The van der Waals surface area contributed by atoms with Crippen LogP contribution >= 0.6 is 11.8 Å². The minimum absolute atomic E-state index is 0.122. The average Bonchev–Trinajstić information content (AvgIpc) is 2.86. The first-order valence-electron chi connectivity index (χ1n) is 12.5. The Morgan fingerprint density at radius 3 is 2.44 bits per heavy atom. The molecule has 0 aliphatic carbocycles. The number of anilines is 2. The normalized spacial score (nSPS) is 13.6. The summed E-state index contributed by atoms with van der Waals surface area (Å²) in [5.74, 6) is 1.47. The number of carbonyl (C=O) groups excluding carboxylic acids is 1. The lowest BCUT2D eigenvalue weighted by Gasteiger charge is -2.31. The van der Waals surface area contributed by atoms with Crippen LogP contribution in [0, 0.1) is 20.8 Å². The molecule has 3 aromatic rings. The Balaban J connectivity index is 1.52. The number of hydrogen-bond donors (Lipinski definition) is 1. The van der Waals surface area contributed by atoms with Crippen LogP contribution in [0.1, 0.15) is 30.5 Å². The highest BCUT2D eigenvalue weighted by atomic mass is 32.2. The van der Waals surface area contributed by atoms with E-state index in [1.807, 2.05) is 26.0 Å². The van der Waals surface area contributed by atoms with Gasteiger partial charge in [-0.3, -0.25) is 4.79 Å². The van der Waals surface area contributed by atoms with Crippen molar-refractivity contribution in [2.45, 2.75) is 39.6 Å². The molecule has 0 radical (unpaired) electrons. The van der Waals surface area contributed by atoms with Gasteiger partial charge in [0.15, 0.2) is 0 Å². The van der Waals surface area contributed by atoms with Gasteiger partial charge in [0.1, 0.15) is 11.5 Å². The summed E-state index contributed by atoms with van der Waals surface area (Å²) < 4.78 is 17.4. The van der Waals surface area contributed by atoms with Gasteiger partial charge in [0.05, 0.1) is 54.1 Å². The molecule has 1 N–H and O–H groups in total. The maximum absolute atomic E-state index is 13.0. The van der Waals surface area contributed by atoms with Crippen LogP contribution in [-0.2, 0) is 9.53 Å². The van der Waals surface area contributed by atoms with Crippen molar-refractivity contribution < 1.29 is 19.0 Å². The number of nitrogens with one attached hydrogen (secondary N) is 1. The Bertz CT molecular complexity index is 1240. The number of rotatable bonds is 9. The number of pyridine rings is 1. The van der Waals surface area contributed by atoms with E-state index < -0.39 is 0 Å². The summed E-state index contributed by atoms with van der Waals surface area (Å²) in [5, 5.41) is 5.03. The van der Waals surface area contributed by atoms with Crippen molar-refractivity contribution in [1.29, 1.82) is 0 Å². The van der Waals surface area contributed by atoms with Gasteiger partial charge in [-0.1, -0.05) is 23.4 Å². The molecule has 1 saturated heterocycles. The van der Waals surface area contributed by atoms with Crippen molar-refractivity contribution in [3.8, 4) is 11.5 Å². The Hall–Kier alpha value is -2.97. The second-order valence-electron chi connectivity index (χ2n) is 8.87. The zero-order chi connectivity index (χ0) is 25.7. The molecule has 0 atom stereocenters. The lowest BCUT2D eigenvalue weighted by Crippen LogP contribution is -2.36. The highest BCUT2D eigenvalue weighted by Crippen LogP contribution is 2.39. The molecule has 2 aromatic carbocycles. The fraction of sp³-hybridized carbons (Fsp3) is 0.429. The molecule has 0 bridgehead atoms. The maximum atomic E-state index is 13.0. The zero-order valence-corrected chi connectivity index (χ0v) is 22.6. The maximum Gasteiger partial charge on any atom is 0.234 e. The number of fused-ring (bicyclic) bond motifs is 1. The molecular formula is C28H35N3O4S. The Labute approximate surface area is 217 Å². The molecule has 1 amide bonds. The molecular weight excluding hydrogens is 474 g/mol. The van der Waals surface area contributed by atoms with Crippen molar-refractivity contribution in [3.63, 3.8) is 0 Å². The summed E-state index contributed by atoms with van der Waals surface area (Å²) in [6.45, 7) is 14.1. The molecule has 1 fully saturated rings. The van der Waals surface area contributed by atoms with Gasteiger partial charge in [0, 0.05) is 30.6 Å². The first-order chi connectivity index (χ1) is 17.4. The number of nitrogens with zero attached hydrogens (tertiary/aromatic N) is 2. The van der Waals surface area contributed by atoms with Crippen LogP contribution in [0.3, 0.4) is 0 Å². The van der Waals surface area contributed by atoms with E-state index >= 15 is 0 Å². The Kier molecular flexibility index (Phi) is 8.59. The van der Waals surface area contributed by atoms with Crippen molar-refractivity contribution in [2.75, 3.05) is 55.5 Å². The molecule has 7 nitrogen and oxygen atoms in total. The topological polar surface area (TPSA) is 72.9 Å². The summed E-state index contributed by atoms with van der Waals surface area (Å²) in [6, 6.07) is 10.2. The third-order valence-corrected chi connectivity index (χ3v) is 6.98. The summed E-state index contributed by atoms with van der Waals surface area (Å²) in [5.41, 5.74) is 6.08. The molecule has 192 valence electrons. The van der Waals surface area contributed by atoms with Gasteiger partial charge in [-0.2, -0.15) is 0 Å². The molecule has 0 saturated carbocycles. The molecule has 0 unspecified atom stereocenters. The molecule has 0 spiro atoms. The third-order valence-electron chi connectivity index (χ3n) is 6.07. The standard InChI is InChI=1S/C28H35N3O4S/c1-6-34-24-16-23(31-8-10-33-11-9-31)25(35-7-2)15-22(24)29-26(32)17-36-27-14-19(4)21-13-18(3)12-20(5)28(21)30-27/h12-16H,6-11,17H2,1-5H3,(H,29,32). The first-order valence-corrected chi connectivity index (χ1v) is 13.5. The van der Waals surface area contributed by atoms with Gasteiger partial charge in [-0.15, -0.1) is 0 Å². The predicted octanol–water partition coefficient (Wildman–Crippen LogP) is 5.52. The zero-order valence-electron chi connectivity index (χ0n) is 21.8. The Morgan fingerprint density at radius 2 is 1.72 bits per heavy atom. The number of aryl methyl sites for hydroxylation is 3. The summed E-state index contributed by atoms with van der Waals surface area (Å²) in [4.78, 5) is 20.0. The molecule has 1 aromatic heterocycles. The number of amides is 1. The number of morpholine rings is 1. The quantitative estimate of drug-likeness (QED) is 0.381. The van der Waals surface area contributed by atoms with Crippen molar-refractivity contribution >= 4 is 39.9 Å². The minimum Gasteiger partial charge on any atom is -0.492 e. The van der Waals surface area contributed by atoms with E-state index in [1.54, 1.807) is 0 Å². The second-order valence-corrected chi connectivity index (χ2v) is 9.87. The molecule has 1 aliphatic heterocycles. The van der Waals surface area contributed by atoms with Crippen molar-refractivity contribution in [2.24, 2.45) is 0 Å². The van der Waals surface area contributed by atoms with Crippen LogP contribution in [0.2, 0.25) is 0 Å². The van der Waals surface area contributed by atoms with Crippen molar-refractivity contribution in [1.82, 2.24) is 4.98 Å². The SMILES string of the molecule is CCOc1cc(N2CCOCC2)c(OCC)cc1NC(=O)CSc1cc(C)c2cc(C)cc(C)c2n1. The van der Waals surface area contributed by atoms with Crippen LogP contribution < -0.4 is 19.7 Å². The van der Waals surface area contributed by atoms with Crippen LogP contribution in [0.4, 0.5) is 11.4 Å². The van der Waals surface area contributed by atoms with E-state index in [2.05, 4.69) is 49.2 Å². The van der Waals surface area contributed by atoms with Gasteiger partial charge in [0.2, 0.25) is 5.91 Å². The van der Waals surface area contributed by atoms with Crippen LogP contribution in [-0.4, -0.2) is 56.2 Å². The molecule has 8 heteroatoms. The van der Waals surface area contributed by atoms with E-state index in [0.29, 0.717) is 37.9 Å². The van der Waals surface area contributed by atoms with E-state index in [0.717, 1.165) is 51.6 Å². The molecule has 2 heterocycles. The fourth-order valence-electron chi connectivity index (χ4n) is 4.46. The number of hydrogen-bond acceptors (Lipinski definition) is 7. The third kappa shape index (κ3) is 6.05. The summed E-state index contributed by atoms with van der Waals surface area (Å²) in [6.07, 6.45) is 0. The summed E-state index contributed by atoms with van der Waals surface area (Å²) >= 11 is 1.43. The van der Waals surface area contributed by atoms with Crippen LogP contribution in [0.25, 0.3) is 10.9 Å². The van der Waals surface area contributed by atoms with Gasteiger partial charge in [-0.25, -0.2) is 4.98 Å².